The molecule has 1 atom stereocenters. The van der Waals surface area contributed by atoms with Crippen molar-refractivity contribution >= 4 is 28.5 Å². The largest absolute Gasteiger partial charge is 0.480 e. The molecule has 0 saturated carbocycles. The molecule has 2 aromatic carbocycles. The molecule has 0 aliphatic carbocycles. The number of nitrogens with zero attached hydrogens (tertiary/aromatic N) is 3. The maximum atomic E-state index is 12.5. The number of H-pyrrole nitrogens is 1. The summed E-state index contributed by atoms with van der Waals surface area (Å²) in [5, 5.41) is 13.9. The fourth-order valence-corrected chi connectivity index (χ4v) is 4.81. The van der Waals surface area contributed by atoms with Gasteiger partial charge in [0.2, 0.25) is 0 Å². The average Bonchev–Trinajstić information content (AvgIpc) is 3.32. The van der Waals surface area contributed by atoms with Gasteiger partial charge in [0.1, 0.15) is 6.04 Å². The van der Waals surface area contributed by atoms with Crippen LogP contribution >= 0.6 is 0 Å². The highest BCUT2D eigenvalue weighted by Crippen LogP contribution is 2.31. The Hall–Kier alpha value is -4.01. The number of piperazine rings is 1. The van der Waals surface area contributed by atoms with Gasteiger partial charge in [-0.3, -0.25) is 19.5 Å². The molecule has 1 amide bonds. The van der Waals surface area contributed by atoms with Crippen LogP contribution in [0.3, 0.4) is 0 Å². The van der Waals surface area contributed by atoms with Crippen molar-refractivity contribution in [3.8, 4) is 0 Å². The van der Waals surface area contributed by atoms with E-state index in [9.17, 15) is 14.7 Å². The van der Waals surface area contributed by atoms with E-state index in [2.05, 4.69) is 20.2 Å². The van der Waals surface area contributed by atoms with Crippen molar-refractivity contribution in [3.63, 3.8) is 0 Å². The van der Waals surface area contributed by atoms with Gasteiger partial charge in [0.05, 0.1) is 0 Å². The summed E-state index contributed by atoms with van der Waals surface area (Å²) in [5.74, 6) is -1.05. The Labute approximate surface area is 209 Å². The summed E-state index contributed by atoms with van der Waals surface area (Å²) in [6.45, 7) is 3.97. The highest BCUT2D eigenvalue weighted by Gasteiger charge is 2.32. The van der Waals surface area contributed by atoms with Crippen molar-refractivity contribution in [2.75, 3.05) is 38.0 Å². The summed E-state index contributed by atoms with van der Waals surface area (Å²) < 4.78 is 0. The van der Waals surface area contributed by atoms with Gasteiger partial charge in [-0.1, -0.05) is 24.3 Å². The topological polar surface area (TPSA) is 102 Å². The van der Waals surface area contributed by atoms with Gasteiger partial charge in [-0.25, -0.2) is 0 Å². The van der Waals surface area contributed by atoms with Gasteiger partial charge in [-0.15, -0.1) is 0 Å². The second-order valence-corrected chi connectivity index (χ2v) is 9.05. The molecule has 1 saturated heterocycles. The molecule has 0 bridgehead atoms. The fourth-order valence-electron chi connectivity index (χ4n) is 4.81. The molecular weight excluding hydrogens is 454 g/mol. The first-order chi connectivity index (χ1) is 17.6. The van der Waals surface area contributed by atoms with E-state index in [0.29, 0.717) is 24.3 Å². The first-order valence-electron chi connectivity index (χ1n) is 12.1. The van der Waals surface area contributed by atoms with Gasteiger partial charge in [-0.2, -0.15) is 0 Å². The number of carbonyl (C=O) groups is 2. The molecule has 4 aromatic rings. The normalized spacial score (nSPS) is 15.6. The number of benzene rings is 2. The van der Waals surface area contributed by atoms with E-state index in [1.54, 1.807) is 18.3 Å². The second kappa shape index (κ2) is 10.7. The lowest BCUT2D eigenvalue weighted by molar-refractivity contribution is -0.144. The minimum Gasteiger partial charge on any atom is -0.480 e. The zero-order chi connectivity index (χ0) is 24.9. The molecule has 36 heavy (non-hydrogen) atoms. The van der Waals surface area contributed by atoms with Crippen LogP contribution < -0.4 is 5.32 Å². The Bertz CT molecular complexity index is 1330. The van der Waals surface area contributed by atoms with Crippen LogP contribution in [0.5, 0.6) is 0 Å². The Morgan fingerprint density at radius 3 is 2.47 bits per heavy atom. The quantitative estimate of drug-likeness (QED) is 0.352. The smallest absolute Gasteiger partial charge is 0.325 e. The number of anilines is 1. The van der Waals surface area contributed by atoms with E-state index >= 15 is 0 Å². The standard InChI is InChI=1S/C28H29N5O3/c34-27(21-4-2-1-3-5-21)31-22-6-7-23-24(19-30-25(23)18-22)26(28(35)36)33-16-14-32(15-17-33)13-10-20-8-11-29-12-9-20/h1-9,11-12,18-19,26,30H,10,13-17H2,(H,31,34)(H,35,36)/t26-/m1/s1. The number of hydrogen-bond donors (Lipinski definition) is 3. The van der Waals surface area contributed by atoms with Crippen molar-refractivity contribution in [2.24, 2.45) is 0 Å². The van der Waals surface area contributed by atoms with Gasteiger partial charge in [0.15, 0.2) is 0 Å². The number of aliphatic carboxylic acids is 1. The molecule has 3 N–H and O–H groups in total. The number of aromatic amines is 1. The molecule has 3 heterocycles. The Kier molecular flexibility index (Phi) is 7.06. The number of aromatic nitrogens is 2. The van der Waals surface area contributed by atoms with Gasteiger partial charge in [-0.05, 0) is 48.4 Å². The minimum atomic E-state index is -0.859. The fraction of sp³-hybridized carbons (Fsp3) is 0.250. The van der Waals surface area contributed by atoms with Crippen molar-refractivity contribution in [1.82, 2.24) is 19.8 Å². The molecule has 1 aliphatic heterocycles. The van der Waals surface area contributed by atoms with Crippen LogP contribution in [0.15, 0.2) is 79.3 Å². The summed E-state index contributed by atoms with van der Waals surface area (Å²) in [6.07, 6.45) is 6.36. The molecule has 8 nitrogen and oxygen atoms in total. The van der Waals surface area contributed by atoms with E-state index in [4.69, 9.17) is 0 Å². The molecule has 0 spiro atoms. The van der Waals surface area contributed by atoms with Crippen molar-refractivity contribution in [1.29, 1.82) is 0 Å². The summed E-state index contributed by atoms with van der Waals surface area (Å²) in [6, 6.07) is 17.9. The van der Waals surface area contributed by atoms with Crippen molar-refractivity contribution < 1.29 is 14.7 Å². The first-order valence-corrected chi connectivity index (χ1v) is 12.1. The summed E-state index contributed by atoms with van der Waals surface area (Å²) in [7, 11) is 0. The summed E-state index contributed by atoms with van der Waals surface area (Å²) in [5.41, 5.74) is 4.02. The molecule has 5 rings (SSSR count). The van der Waals surface area contributed by atoms with Crippen LogP contribution in [0.2, 0.25) is 0 Å². The Balaban J connectivity index is 1.26. The highest BCUT2D eigenvalue weighted by atomic mass is 16.4. The monoisotopic (exact) mass is 483 g/mol. The maximum Gasteiger partial charge on any atom is 0.325 e. The number of carboxylic acids is 1. The summed E-state index contributed by atoms with van der Waals surface area (Å²) >= 11 is 0. The van der Waals surface area contributed by atoms with Gasteiger partial charge in [0.25, 0.3) is 5.91 Å². The van der Waals surface area contributed by atoms with E-state index in [1.165, 1.54) is 5.56 Å². The van der Waals surface area contributed by atoms with E-state index < -0.39 is 12.0 Å². The summed E-state index contributed by atoms with van der Waals surface area (Å²) in [4.78, 5) is 36.6. The van der Waals surface area contributed by atoms with Crippen LogP contribution in [-0.4, -0.2) is 69.5 Å². The third-order valence-corrected chi connectivity index (χ3v) is 6.77. The Morgan fingerprint density at radius 1 is 1.00 bits per heavy atom. The van der Waals surface area contributed by atoms with Crippen LogP contribution in [-0.2, 0) is 11.2 Å². The van der Waals surface area contributed by atoms with Crippen LogP contribution in [0.1, 0.15) is 27.5 Å². The van der Waals surface area contributed by atoms with E-state index in [1.807, 2.05) is 65.8 Å². The lowest BCUT2D eigenvalue weighted by atomic mass is 10.0. The number of fused-ring (bicyclic) bond motifs is 1. The zero-order valence-corrected chi connectivity index (χ0v) is 19.9. The number of carbonyl (C=O) groups excluding carboxylic acids is 1. The van der Waals surface area contributed by atoms with Gasteiger partial charge >= 0.3 is 5.97 Å². The zero-order valence-electron chi connectivity index (χ0n) is 19.9. The van der Waals surface area contributed by atoms with Gasteiger partial charge in [0, 0.05) is 79.0 Å². The minimum absolute atomic E-state index is 0.188. The number of hydrogen-bond acceptors (Lipinski definition) is 5. The molecule has 0 radical (unpaired) electrons. The first kappa shape index (κ1) is 23.7. The van der Waals surface area contributed by atoms with Crippen molar-refractivity contribution in [2.45, 2.75) is 12.5 Å². The van der Waals surface area contributed by atoms with E-state index in [0.717, 1.165) is 42.5 Å². The van der Waals surface area contributed by atoms with Gasteiger partial charge < -0.3 is 20.3 Å². The SMILES string of the molecule is O=C(Nc1ccc2c([C@H](C(=O)O)N3CCN(CCc4ccncc4)CC3)c[nH]c2c1)c1ccccc1. The molecule has 2 aromatic heterocycles. The molecule has 1 aliphatic rings. The molecule has 8 heteroatoms. The number of pyridine rings is 1. The van der Waals surface area contributed by atoms with Crippen molar-refractivity contribution in [3.05, 3.63) is 95.9 Å². The van der Waals surface area contributed by atoms with Crippen LogP contribution in [0, 0.1) is 0 Å². The number of nitrogens with one attached hydrogen (secondary N) is 2. The average molecular weight is 484 g/mol. The number of carboxylic acid groups (broad SMARTS) is 1. The number of rotatable bonds is 8. The molecule has 1 fully saturated rings. The Morgan fingerprint density at radius 2 is 1.75 bits per heavy atom. The number of amides is 1. The third-order valence-electron chi connectivity index (χ3n) is 6.77. The highest BCUT2D eigenvalue weighted by molar-refractivity contribution is 6.05. The molecule has 184 valence electrons. The lowest BCUT2D eigenvalue weighted by Gasteiger charge is -2.37. The lowest BCUT2D eigenvalue weighted by Crippen LogP contribution is -2.49. The predicted molar refractivity (Wildman–Crippen MR) is 139 cm³/mol. The third kappa shape index (κ3) is 5.30. The molecular formula is C28H29N5O3. The predicted octanol–water partition coefficient (Wildman–Crippen LogP) is 3.80. The molecule has 0 unspecified atom stereocenters. The van der Waals surface area contributed by atoms with E-state index in [-0.39, 0.29) is 5.91 Å². The maximum absolute atomic E-state index is 12.5. The van der Waals surface area contributed by atoms with Crippen LogP contribution in [0.25, 0.3) is 10.9 Å². The second-order valence-electron chi connectivity index (χ2n) is 9.05. The van der Waals surface area contributed by atoms with Crippen LogP contribution in [0.4, 0.5) is 5.69 Å².